The molecule has 0 heterocycles. The highest BCUT2D eigenvalue weighted by molar-refractivity contribution is 5.76. The minimum absolute atomic E-state index is 0.0115. The Hall–Kier alpha value is -0.610. The number of hydrogen-bond donors (Lipinski definition) is 2. The van der Waals surface area contributed by atoms with E-state index in [1.54, 1.807) is 13.8 Å². The molecule has 0 atom stereocenters. The fourth-order valence-electron chi connectivity index (χ4n) is 0.629. The van der Waals surface area contributed by atoms with Gasteiger partial charge in [-0.2, -0.15) is 0 Å². The van der Waals surface area contributed by atoms with Gasteiger partial charge in [-0.05, 0) is 6.42 Å². The van der Waals surface area contributed by atoms with Crippen LogP contribution in [0.25, 0.3) is 0 Å². The van der Waals surface area contributed by atoms with Crippen molar-refractivity contribution in [3.05, 3.63) is 0 Å². The molecule has 0 aliphatic rings. The Morgan fingerprint density at radius 3 is 2.45 bits per heavy atom. The van der Waals surface area contributed by atoms with Gasteiger partial charge in [-0.15, -0.1) is 0 Å². The van der Waals surface area contributed by atoms with Gasteiger partial charge in [0.05, 0.1) is 6.54 Å². The fraction of sp³-hybridized carbons (Fsp3) is 0.857. The van der Waals surface area contributed by atoms with E-state index in [1.807, 2.05) is 0 Å². The van der Waals surface area contributed by atoms with Crippen LogP contribution in [-0.2, 0) is 4.79 Å². The summed E-state index contributed by atoms with van der Waals surface area (Å²) in [7, 11) is 0. The Morgan fingerprint density at radius 1 is 1.55 bits per heavy atom. The van der Waals surface area contributed by atoms with Crippen molar-refractivity contribution in [2.24, 2.45) is 5.92 Å². The highest BCUT2D eigenvalue weighted by Gasteiger charge is 2.13. The van der Waals surface area contributed by atoms with Gasteiger partial charge < -0.3 is 5.11 Å². The van der Waals surface area contributed by atoms with Gasteiger partial charge in [0.2, 0.25) is 5.91 Å². The molecule has 0 aromatic carbocycles. The largest absolute Gasteiger partial charge is 0.396 e. The molecule has 0 spiro atoms. The second kappa shape index (κ2) is 5.09. The van der Waals surface area contributed by atoms with Crippen LogP contribution >= 0.6 is 0 Å². The van der Waals surface area contributed by atoms with E-state index in [0.29, 0.717) is 11.5 Å². The molecule has 66 valence electrons. The summed E-state index contributed by atoms with van der Waals surface area (Å²) >= 11 is 0. The first kappa shape index (κ1) is 10.4. The smallest absolute Gasteiger partial charge is 0.248 e. The average Bonchev–Trinajstić information content (AvgIpc) is 1.98. The normalized spacial score (nSPS) is 10.3. The molecule has 4 nitrogen and oxygen atoms in total. The van der Waals surface area contributed by atoms with E-state index in [2.05, 4.69) is 0 Å². The number of aliphatic hydroxyl groups is 1. The van der Waals surface area contributed by atoms with Crippen LogP contribution in [0, 0.1) is 5.92 Å². The SMILES string of the molecule is CC(C)C(=O)N(O)CCCO. The molecule has 0 aliphatic heterocycles. The molecular weight excluding hydrogens is 146 g/mol. The maximum absolute atomic E-state index is 10.9. The summed E-state index contributed by atoms with van der Waals surface area (Å²) in [5, 5.41) is 18.0. The van der Waals surface area contributed by atoms with E-state index >= 15 is 0 Å². The van der Waals surface area contributed by atoms with Gasteiger partial charge in [0.15, 0.2) is 0 Å². The van der Waals surface area contributed by atoms with Gasteiger partial charge in [0.25, 0.3) is 0 Å². The Balaban J connectivity index is 3.64. The summed E-state index contributed by atoms with van der Waals surface area (Å²) in [6.07, 6.45) is 0.412. The Bertz CT molecular complexity index is 125. The molecule has 4 heteroatoms. The van der Waals surface area contributed by atoms with Gasteiger partial charge in [-0.3, -0.25) is 10.0 Å². The van der Waals surface area contributed by atoms with Crippen LogP contribution in [0.3, 0.4) is 0 Å². The van der Waals surface area contributed by atoms with Gasteiger partial charge in [-0.25, -0.2) is 5.06 Å². The van der Waals surface area contributed by atoms with E-state index in [-0.39, 0.29) is 25.0 Å². The van der Waals surface area contributed by atoms with Crippen molar-refractivity contribution in [3.63, 3.8) is 0 Å². The lowest BCUT2D eigenvalue weighted by atomic mass is 10.2. The van der Waals surface area contributed by atoms with Crippen LogP contribution in [0.4, 0.5) is 0 Å². The van der Waals surface area contributed by atoms with Crippen LogP contribution in [0.5, 0.6) is 0 Å². The Labute approximate surface area is 66.4 Å². The standard InChI is InChI=1S/C7H15NO3/c1-6(2)7(10)8(11)4-3-5-9/h6,9,11H,3-5H2,1-2H3. The molecule has 0 radical (unpaired) electrons. The van der Waals surface area contributed by atoms with Gasteiger partial charge in [0.1, 0.15) is 0 Å². The number of aliphatic hydroxyl groups excluding tert-OH is 1. The predicted molar refractivity (Wildman–Crippen MR) is 40.0 cm³/mol. The molecule has 0 saturated heterocycles. The predicted octanol–water partition coefficient (Wildman–Crippen LogP) is 0.243. The van der Waals surface area contributed by atoms with E-state index in [9.17, 15) is 4.79 Å². The lowest BCUT2D eigenvalue weighted by Gasteiger charge is -2.15. The maximum atomic E-state index is 10.9. The van der Waals surface area contributed by atoms with Crippen LogP contribution < -0.4 is 0 Å². The number of amides is 1. The molecular formula is C7H15NO3. The third kappa shape index (κ3) is 3.95. The molecule has 0 aromatic rings. The first-order chi connectivity index (χ1) is 5.09. The highest BCUT2D eigenvalue weighted by Crippen LogP contribution is 1.98. The van der Waals surface area contributed by atoms with Crippen molar-refractivity contribution in [1.82, 2.24) is 5.06 Å². The van der Waals surface area contributed by atoms with Crippen LogP contribution in [0.15, 0.2) is 0 Å². The maximum Gasteiger partial charge on any atom is 0.248 e. The zero-order valence-electron chi connectivity index (χ0n) is 6.95. The summed E-state index contributed by atoms with van der Waals surface area (Å²) in [5.41, 5.74) is 0. The van der Waals surface area contributed by atoms with Crippen molar-refractivity contribution in [1.29, 1.82) is 0 Å². The molecule has 0 bridgehead atoms. The van der Waals surface area contributed by atoms with Crippen molar-refractivity contribution in [3.8, 4) is 0 Å². The van der Waals surface area contributed by atoms with Crippen molar-refractivity contribution in [2.45, 2.75) is 20.3 Å². The van der Waals surface area contributed by atoms with Crippen LogP contribution in [0.1, 0.15) is 20.3 Å². The van der Waals surface area contributed by atoms with Crippen molar-refractivity contribution in [2.75, 3.05) is 13.2 Å². The minimum atomic E-state index is -0.307. The number of hydrogen-bond acceptors (Lipinski definition) is 3. The quantitative estimate of drug-likeness (QED) is 0.458. The molecule has 0 aromatic heterocycles. The molecule has 0 aliphatic carbocycles. The van der Waals surface area contributed by atoms with Gasteiger partial charge >= 0.3 is 0 Å². The fourth-order valence-corrected chi connectivity index (χ4v) is 0.629. The second-order valence-corrected chi connectivity index (χ2v) is 2.69. The third-order valence-corrected chi connectivity index (χ3v) is 1.28. The van der Waals surface area contributed by atoms with E-state index in [4.69, 9.17) is 10.3 Å². The number of nitrogens with zero attached hydrogens (tertiary/aromatic N) is 1. The summed E-state index contributed by atoms with van der Waals surface area (Å²) in [5.74, 6) is -0.503. The molecule has 11 heavy (non-hydrogen) atoms. The van der Waals surface area contributed by atoms with Gasteiger partial charge in [0, 0.05) is 12.5 Å². The monoisotopic (exact) mass is 161 g/mol. The van der Waals surface area contributed by atoms with Gasteiger partial charge in [-0.1, -0.05) is 13.8 Å². The topological polar surface area (TPSA) is 60.8 Å². The number of carbonyl (C=O) groups excluding carboxylic acids is 1. The molecule has 1 amide bonds. The van der Waals surface area contributed by atoms with E-state index in [1.165, 1.54) is 0 Å². The second-order valence-electron chi connectivity index (χ2n) is 2.69. The Morgan fingerprint density at radius 2 is 2.09 bits per heavy atom. The zero-order chi connectivity index (χ0) is 8.85. The molecule has 0 unspecified atom stereocenters. The molecule has 0 rings (SSSR count). The lowest BCUT2D eigenvalue weighted by Crippen LogP contribution is -2.32. The number of rotatable bonds is 4. The number of carbonyl (C=O) groups is 1. The third-order valence-electron chi connectivity index (χ3n) is 1.28. The van der Waals surface area contributed by atoms with E-state index in [0.717, 1.165) is 0 Å². The minimum Gasteiger partial charge on any atom is -0.396 e. The zero-order valence-corrected chi connectivity index (χ0v) is 6.95. The van der Waals surface area contributed by atoms with Crippen LogP contribution in [-0.4, -0.2) is 34.4 Å². The summed E-state index contributed by atoms with van der Waals surface area (Å²) in [6, 6.07) is 0. The van der Waals surface area contributed by atoms with E-state index < -0.39 is 0 Å². The van der Waals surface area contributed by atoms with Crippen molar-refractivity contribution < 1.29 is 15.1 Å². The molecule has 0 saturated carbocycles. The first-order valence-corrected chi connectivity index (χ1v) is 3.70. The first-order valence-electron chi connectivity index (χ1n) is 3.70. The lowest BCUT2D eigenvalue weighted by molar-refractivity contribution is -0.169. The Kier molecular flexibility index (Phi) is 4.81. The van der Waals surface area contributed by atoms with Crippen LogP contribution in [0.2, 0.25) is 0 Å². The summed E-state index contributed by atoms with van der Waals surface area (Å²) in [4.78, 5) is 10.9. The van der Waals surface area contributed by atoms with Crippen molar-refractivity contribution >= 4 is 5.91 Å². The summed E-state index contributed by atoms with van der Waals surface area (Å²) < 4.78 is 0. The molecule has 2 N–H and O–H groups in total. The molecule has 0 fully saturated rings. The average molecular weight is 161 g/mol. The summed E-state index contributed by atoms with van der Waals surface area (Å²) in [6.45, 7) is 3.62. The highest BCUT2D eigenvalue weighted by atomic mass is 16.5. The number of hydroxylamine groups is 2.